The molecule has 116 valence electrons. The fourth-order valence-electron chi connectivity index (χ4n) is 3.13. The molecule has 1 saturated heterocycles. The maximum Gasteiger partial charge on any atom is 0.273 e. The molecule has 4 rings (SSSR count). The molecule has 7 heteroatoms. The number of rotatable bonds is 2. The Balaban J connectivity index is 1.74. The lowest BCUT2D eigenvalue weighted by atomic mass is 9.98. The minimum atomic E-state index is -0.0413. The highest BCUT2D eigenvalue weighted by atomic mass is 16.2. The van der Waals surface area contributed by atoms with Gasteiger partial charge in [-0.3, -0.25) is 9.78 Å². The van der Waals surface area contributed by atoms with Gasteiger partial charge in [-0.15, -0.1) is 0 Å². The van der Waals surface area contributed by atoms with Crippen molar-refractivity contribution in [3.63, 3.8) is 0 Å². The first-order valence-corrected chi connectivity index (χ1v) is 7.71. The summed E-state index contributed by atoms with van der Waals surface area (Å²) in [6.07, 6.45) is 7.83. The van der Waals surface area contributed by atoms with Gasteiger partial charge in [0.15, 0.2) is 0 Å². The highest BCUT2D eigenvalue weighted by molar-refractivity contribution is 5.92. The molecule has 7 nitrogen and oxygen atoms in total. The maximum absolute atomic E-state index is 12.9. The normalized spacial score (nSPS) is 18.3. The second-order valence-electron chi connectivity index (χ2n) is 5.57. The second kappa shape index (κ2) is 5.75. The van der Waals surface area contributed by atoms with Crippen LogP contribution in [0.3, 0.4) is 0 Å². The standard InChI is InChI=1S/C16H16N6O/c23-15(12-5-1-3-8-17-12)21-10-4-2-6-13(21)14-7-9-18-16-19-11-20-22(14)16/h1,3,5,7-9,11,13H,2,4,6,10H2/t13-/m1/s1. The largest absolute Gasteiger partial charge is 0.329 e. The van der Waals surface area contributed by atoms with Crippen LogP contribution in [0, 0.1) is 0 Å². The Hall–Kier alpha value is -2.83. The van der Waals surface area contributed by atoms with Crippen molar-refractivity contribution < 1.29 is 4.79 Å². The van der Waals surface area contributed by atoms with Gasteiger partial charge >= 0.3 is 0 Å². The molecule has 1 amide bonds. The van der Waals surface area contributed by atoms with E-state index in [9.17, 15) is 4.79 Å². The summed E-state index contributed by atoms with van der Waals surface area (Å²) in [7, 11) is 0. The summed E-state index contributed by atoms with van der Waals surface area (Å²) in [4.78, 5) is 27.3. The maximum atomic E-state index is 12.9. The number of fused-ring (bicyclic) bond motifs is 1. The van der Waals surface area contributed by atoms with E-state index in [0.717, 1.165) is 31.5 Å². The first-order valence-electron chi connectivity index (χ1n) is 7.71. The summed E-state index contributed by atoms with van der Waals surface area (Å²) in [6, 6.07) is 7.28. The predicted octanol–water partition coefficient (Wildman–Crippen LogP) is 1.89. The van der Waals surface area contributed by atoms with E-state index in [-0.39, 0.29) is 11.9 Å². The van der Waals surface area contributed by atoms with Crippen LogP contribution in [0.1, 0.15) is 41.5 Å². The first-order chi connectivity index (χ1) is 11.3. The fraction of sp³-hybridized carbons (Fsp3) is 0.312. The van der Waals surface area contributed by atoms with E-state index < -0.39 is 0 Å². The van der Waals surface area contributed by atoms with E-state index in [1.807, 2.05) is 23.1 Å². The molecule has 0 aliphatic carbocycles. The number of likely N-dealkylation sites (tertiary alicyclic amines) is 1. The molecule has 0 aromatic carbocycles. The quantitative estimate of drug-likeness (QED) is 0.722. The highest BCUT2D eigenvalue weighted by Crippen LogP contribution is 2.31. The van der Waals surface area contributed by atoms with Gasteiger partial charge in [0.2, 0.25) is 0 Å². The summed E-state index contributed by atoms with van der Waals surface area (Å²) < 4.78 is 1.72. The highest BCUT2D eigenvalue weighted by Gasteiger charge is 2.31. The average molecular weight is 308 g/mol. The second-order valence-corrected chi connectivity index (χ2v) is 5.57. The summed E-state index contributed by atoms with van der Waals surface area (Å²) in [6.45, 7) is 0.721. The third-order valence-corrected chi connectivity index (χ3v) is 4.20. The number of amides is 1. The van der Waals surface area contributed by atoms with Gasteiger partial charge in [-0.05, 0) is 37.5 Å². The smallest absolute Gasteiger partial charge is 0.273 e. The van der Waals surface area contributed by atoms with Gasteiger partial charge in [0.25, 0.3) is 11.7 Å². The average Bonchev–Trinajstić information content (AvgIpc) is 3.10. The lowest BCUT2D eigenvalue weighted by Crippen LogP contribution is -2.39. The van der Waals surface area contributed by atoms with Crippen molar-refractivity contribution in [3.05, 3.63) is 54.4 Å². The zero-order chi connectivity index (χ0) is 15.6. The number of aromatic nitrogens is 5. The first kappa shape index (κ1) is 13.8. The van der Waals surface area contributed by atoms with Gasteiger partial charge in [-0.2, -0.15) is 14.6 Å². The van der Waals surface area contributed by atoms with Crippen LogP contribution >= 0.6 is 0 Å². The lowest BCUT2D eigenvalue weighted by molar-refractivity contribution is 0.0597. The fourth-order valence-corrected chi connectivity index (χ4v) is 3.13. The number of carbonyl (C=O) groups is 1. The molecule has 0 N–H and O–H groups in total. The Morgan fingerprint density at radius 2 is 2.04 bits per heavy atom. The zero-order valence-corrected chi connectivity index (χ0v) is 12.5. The number of nitrogens with zero attached hydrogens (tertiary/aromatic N) is 6. The molecule has 23 heavy (non-hydrogen) atoms. The van der Waals surface area contributed by atoms with Crippen LogP contribution in [-0.4, -0.2) is 41.9 Å². The van der Waals surface area contributed by atoms with Crippen molar-refractivity contribution in [2.75, 3.05) is 6.54 Å². The molecular weight excluding hydrogens is 292 g/mol. The van der Waals surface area contributed by atoms with Crippen molar-refractivity contribution in [1.29, 1.82) is 0 Å². The molecule has 3 aromatic rings. The molecule has 1 aliphatic rings. The number of hydrogen-bond donors (Lipinski definition) is 0. The molecule has 4 heterocycles. The summed E-state index contributed by atoms with van der Waals surface area (Å²) in [5, 5.41) is 4.25. The van der Waals surface area contributed by atoms with Crippen LogP contribution in [0.15, 0.2) is 43.0 Å². The van der Waals surface area contributed by atoms with E-state index >= 15 is 0 Å². The third kappa shape index (κ3) is 2.44. The van der Waals surface area contributed by atoms with E-state index in [1.165, 1.54) is 6.33 Å². The predicted molar refractivity (Wildman–Crippen MR) is 82.6 cm³/mol. The van der Waals surface area contributed by atoms with E-state index in [0.29, 0.717) is 11.5 Å². The Morgan fingerprint density at radius 3 is 2.91 bits per heavy atom. The third-order valence-electron chi connectivity index (χ3n) is 4.20. The number of pyridine rings is 1. The Kier molecular flexibility index (Phi) is 3.45. The van der Waals surface area contributed by atoms with Crippen LogP contribution < -0.4 is 0 Å². The monoisotopic (exact) mass is 308 g/mol. The molecule has 0 unspecified atom stereocenters. The molecule has 1 aliphatic heterocycles. The van der Waals surface area contributed by atoms with Gasteiger partial charge in [-0.25, -0.2) is 4.98 Å². The Bertz CT molecular complexity index is 831. The molecule has 1 atom stereocenters. The van der Waals surface area contributed by atoms with Crippen LogP contribution in [0.5, 0.6) is 0 Å². The number of carbonyl (C=O) groups excluding carboxylic acids is 1. The van der Waals surface area contributed by atoms with E-state index in [1.54, 1.807) is 23.0 Å². The topological polar surface area (TPSA) is 76.3 Å². The van der Waals surface area contributed by atoms with Gasteiger partial charge in [0, 0.05) is 18.9 Å². The summed E-state index contributed by atoms with van der Waals surface area (Å²) in [5.41, 5.74) is 1.42. The summed E-state index contributed by atoms with van der Waals surface area (Å²) in [5.74, 6) is 0.513. The SMILES string of the molecule is O=C(c1ccccn1)N1CCCC[C@@H]1c1ccnc2ncnn12. The van der Waals surface area contributed by atoms with Gasteiger partial charge in [0.05, 0.1) is 11.7 Å². The molecular formula is C16H16N6O. The van der Waals surface area contributed by atoms with Crippen molar-refractivity contribution >= 4 is 11.7 Å². The van der Waals surface area contributed by atoms with E-state index in [2.05, 4.69) is 20.1 Å². The van der Waals surface area contributed by atoms with Crippen molar-refractivity contribution in [1.82, 2.24) is 29.5 Å². The van der Waals surface area contributed by atoms with Gasteiger partial charge in [-0.1, -0.05) is 6.07 Å². The molecule has 0 spiro atoms. The van der Waals surface area contributed by atoms with E-state index in [4.69, 9.17) is 0 Å². The summed E-state index contributed by atoms with van der Waals surface area (Å²) >= 11 is 0. The van der Waals surface area contributed by atoms with Crippen molar-refractivity contribution in [2.45, 2.75) is 25.3 Å². The minimum absolute atomic E-state index is 0.0366. The van der Waals surface area contributed by atoms with Gasteiger partial charge in [0.1, 0.15) is 12.0 Å². The Morgan fingerprint density at radius 1 is 1.09 bits per heavy atom. The molecule has 0 radical (unpaired) electrons. The molecule has 0 bridgehead atoms. The van der Waals surface area contributed by atoms with Crippen LogP contribution in [0.25, 0.3) is 5.78 Å². The number of hydrogen-bond acceptors (Lipinski definition) is 5. The molecule has 0 saturated carbocycles. The molecule has 3 aromatic heterocycles. The zero-order valence-electron chi connectivity index (χ0n) is 12.5. The van der Waals surface area contributed by atoms with Crippen LogP contribution in [0.4, 0.5) is 0 Å². The van der Waals surface area contributed by atoms with Crippen molar-refractivity contribution in [3.8, 4) is 0 Å². The van der Waals surface area contributed by atoms with Crippen molar-refractivity contribution in [2.24, 2.45) is 0 Å². The Labute approximate surface area is 133 Å². The van der Waals surface area contributed by atoms with Crippen LogP contribution in [-0.2, 0) is 0 Å². The van der Waals surface area contributed by atoms with Crippen LogP contribution in [0.2, 0.25) is 0 Å². The molecule has 1 fully saturated rings. The number of piperidine rings is 1. The lowest BCUT2D eigenvalue weighted by Gasteiger charge is -2.35. The van der Waals surface area contributed by atoms with Gasteiger partial charge < -0.3 is 4.90 Å². The minimum Gasteiger partial charge on any atom is -0.329 e.